The fourth-order valence-electron chi connectivity index (χ4n) is 0. The zero-order chi connectivity index (χ0) is 6.08. The molecule has 0 saturated heterocycles. The van der Waals surface area contributed by atoms with Crippen LogP contribution in [0, 0.1) is 0 Å². The van der Waals surface area contributed by atoms with E-state index < -0.39 is 7.59 Å². The normalized spacial score (nSPS) is 8.18. The average molecular weight is 197 g/mol. The molecule has 0 heterocycles. The highest BCUT2D eigenvalue weighted by Crippen LogP contribution is 2.04. The second kappa shape index (κ2) is 10.4. The molecule has 0 bridgehead atoms. The molecule has 11 heavy (non-hydrogen) atoms. The SMILES string of the molecule is C.C.C.C.C[SiH](C)[Si](C)(C)C. The Kier molecular flexibility index (Phi) is 28.5. The van der Waals surface area contributed by atoms with Crippen LogP contribution in [0.5, 0.6) is 0 Å². The van der Waals surface area contributed by atoms with Crippen molar-refractivity contribution in [2.75, 3.05) is 0 Å². The first-order chi connectivity index (χ1) is 2.94. The van der Waals surface area contributed by atoms with Crippen molar-refractivity contribution in [2.45, 2.75) is 62.4 Å². The van der Waals surface area contributed by atoms with E-state index in [1.165, 1.54) is 0 Å². The molecule has 0 atom stereocenters. The van der Waals surface area contributed by atoms with E-state index in [0.29, 0.717) is 0 Å². The molecule has 0 fully saturated rings. The van der Waals surface area contributed by atoms with Gasteiger partial charge in [-0.05, 0) is 0 Å². The average Bonchev–Trinajstić information content (AvgIpc) is 1.31. The van der Waals surface area contributed by atoms with Crippen LogP contribution in [0.4, 0.5) is 0 Å². The van der Waals surface area contributed by atoms with Gasteiger partial charge < -0.3 is 0 Å². The van der Waals surface area contributed by atoms with Crippen molar-refractivity contribution in [3.63, 3.8) is 0 Å². The maximum atomic E-state index is 2.46. The molecule has 0 nitrogen and oxygen atoms in total. The minimum absolute atomic E-state index is 0. The molecule has 0 spiro atoms. The number of rotatable bonds is 1. The van der Waals surface area contributed by atoms with Gasteiger partial charge in [0, 0.05) is 15.9 Å². The quantitative estimate of drug-likeness (QED) is 0.544. The van der Waals surface area contributed by atoms with Gasteiger partial charge in [-0.15, -0.1) is 0 Å². The van der Waals surface area contributed by atoms with Crippen molar-refractivity contribution in [1.82, 2.24) is 0 Å². The molecule has 0 aromatic heterocycles. The standard InChI is InChI=1S/C5H16Si2.4CH4/c1-6(2)7(3,4)5;;;;/h6H,1-5H3;4*1H4. The Balaban J connectivity index is -0.0000000300. The third-order valence-corrected chi connectivity index (χ3v) is 15.6. The van der Waals surface area contributed by atoms with Crippen LogP contribution in [-0.2, 0) is 0 Å². The second-order valence-electron chi connectivity index (χ2n) is 3.52. The molecule has 76 valence electrons. The van der Waals surface area contributed by atoms with E-state index in [2.05, 4.69) is 32.7 Å². The lowest BCUT2D eigenvalue weighted by atomic mass is 11.8. The lowest BCUT2D eigenvalue weighted by Crippen LogP contribution is -2.37. The summed E-state index contributed by atoms with van der Waals surface area (Å²) in [5.41, 5.74) is 0. The summed E-state index contributed by atoms with van der Waals surface area (Å²) < 4.78 is 0. The fraction of sp³-hybridized carbons (Fsp3) is 1.00. The van der Waals surface area contributed by atoms with E-state index in [-0.39, 0.29) is 38.0 Å². The topological polar surface area (TPSA) is 0 Å². The molecule has 0 aliphatic heterocycles. The number of hydrogen-bond donors (Lipinski definition) is 0. The van der Waals surface area contributed by atoms with Crippen LogP contribution in [0.3, 0.4) is 0 Å². The first-order valence-corrected chi connectivity index (χ1v) is 10.6. The molecule has 2 heteroatoms. The second-order valence-corrected chi connectivity index (χ2v) is 19.2. The summed E-state index contributed by atoms with van der Waals surface area (Å²) in [5, 5.41) is 0. The van der Waals surface area contributed by atoms with E-state index in [0.717, 1.165) is 0 Å². The van der Waals surface area contributed by atoms with Gasteiger partial charge in [0.1, 0.15) is 0 Å². The predicted molar refractivity (Wildman–Crippen MR) is 69.1 cm³/mol. The first-order valence-electron chi connectivity index (χ1n) is 2.94. The summed E-state index contributed by atoms with van der Waals surface area (Å²) in [4.78, 5) is 0. The van der Waals surface area contributed by atoms with Crippen LogP contribution in [-0.4, -0.2) is 15.9 Å². The molecule has 0 saturated carbocycles. The van der Waals surface area contributed by atoms with Crippen LogP contribution in [0.2, 0.25) is 32.7 Å². The molecule has 0 aliphatic rings. The van der Waals surface area contributed by atoms with Crippen molar-refractivity contribution in [1.29, 1.82) is 0 Å². The largest absolute Gasteiger partial charge is 0.0776 e. The lowest BCUT2D eigenvalue weighted by molar-refractivity contribution is 1.80. The Bertz CT molecular complexity index is 53.1. The lowest BCUT2D eigenvalue weighted by Gasteiger charge is -2.18. The molecular weight excluding hydrogens is 164 g/mol. The molecule has 0 radical (unpaired) electrons. The van der Waals surface area contributed by atoms with E-state index >= 15 is 0 Å². The molecule has 0 aromatic carbocycles. The van der Waals surface area contributed by atoms with E-state index in [1.54, 1.807) is 0 Å². The van der Waals surface area contributed by atoms with Gasteiger partial charge in [-0.1, -0.05) is 62.4 Å². The van der Waals surface area contributed by atoms with Crippen LogP contribution in [0.1, 0.15) is 29.7 Å². The van der Waals surface area contributed by atoms with Crippen LogP contribution < -0.4 is 0 Å². The third kappa shape index (κ3) is 17.9. The van der Waals surface area contributed by atoms with Gasteiger partial charge in [0.15, 0.2) is 0 Å². The van der Waals surface area contributed by atoms with Gasteiger partial charge >= 0.3 is 0 Å². The van der Waals surface area contributed by atoms with Crippen molar-refractivity contribution in [2.24, 2.45) is 0 Å². The Labute approximate surface area is 78.8 Å². The van der Waals surface area contributed by atoms with E-state index in [9.17, 15) is 0 Å². The molecule has 0 rings (SSSR count). The highest BCUT2D eigenvalue weighted by Gasteiger charge is 2.17. The zero-order valence-electron chi connectivity index (χ0n) is 6.08. The highest BCUT2D eigenvalue weighted by molar-refractivity contribution is 7.30. The maximum Gasteiger partial charge on any atom is 0.0343 e. The van der Waals surface area contributed by atoms with Crippen molar-refractivity contribution in [3.8, 4) is 0 Å². The predicted octanol–water partition coefficient (Wildman–Crippen LogP) is 4.43. The molecule has 0 aromatic rings. The molecule has 0 N–H and O–H groups in total. The van der Waals surface area contributed by atoms with Crippen molar-refractivity contribution in [3.05, 3.63) is 0 Å². The Morgan fingerprint density at radius 3 is 0.818 bits per heavy atom. The first kappa shape index (κ1) is 30.1. The van der Waals surface area contributed by atoms with Crippen molar-refractivity contribution >= 4 is 15.9 Å². The van der Waals surface area contributed by atoms with Gasteiger partial charge in [0.2, 0.25) is 0 Å². The Hall–Kier alpha value is 0.434. The smallest absolute Gasteiger partial charge is 0.0343 e. The summed E-state index contributed by atoms with van der Waals surface area (Å²) >= 11 is 0. The van der Waals surface area contributed by atoms with Gasteiger partial charge in [-0.25, -0.2) is 0 Å². The summed E-state index contributed by atoms with van der Waals surface area (Å²) in [7, 11) is -0.816. The third-order valence-electron chi connectivity index (χ3n) is 1.73. The van der Waals surface area contributed by atoms with Gasteiger partial charge in [0.05, 0.1) is 0 Å². The molecule has 0 unspecified atom stereocenters. The van der Waals surface area contributed by atoms with Gasteiger partial charge in [0.25, 0.3) is 0 Å². The molecule has 0 aliphatic carbocycles. The summed E-state index contributed by atoms with van der Waals surface area (Å²) in [6.07, 6.45) is 0. The van der Waals surface area contributed by atoms with E-state index in [1.807, 2.05) is 0 Å². The monoisotopic (exact) mass is 196 g/mol. The Morgan fingerprint density at radius 1 is 0.727 bits per heavy atom. The van der Waals surface area contributed by atoms with Crippen LogP contribution in [0.15, 0.2) is 0 Å². The van der Waals surface area contributed by atoms with Crippen LogP contribution in [0.25, 0.3) is 0 Å². The molecular formula is C9H32Si2. The van der Waals surface area contributed by atoms with Crippen LogP contribution >= 0.6 is 0 Å². The summed E-state index contributed by atoms with van der Waals surface area (Å²) in [5.74, 6) is 0. The van der Waals surface area contributed by atoms with Gasteiger partial charge in [-0.2, -0.15) is 0 Å². The summed E-state index contributed by atoms with van der Waals surface area (Å²) in [6, 6.07) is 0. The highest BCUT2D eigenvalue weighted by atomic mass is 29.2. The maximum absolute atomic E-state index is 2.46. The minimum Gasteiger partial charge on any atom is -0.0776 e. The zero-order valence-corrected chi connectivity index (χ0v) is 8.23. The Morgan fingerprint density at radius 2 is 0.818 bits per heavy atom. The van der Waals surface area contributed by atoms with Gasteiger partial charge in [-0.3, -0.25) is 0 Å². The minimum atomic E-state index is -0.596. The van der Waals surface area contributed by atoms with E-state index in [4.69, 9.17) is 0 Å². The summed E-state index contributed by atoms with van der Waals surface area (Å²) in [6.45, 7) is 12.3. The molecule has 0 amide bonds. The number of hydrogen-bond acceptors (Lipinski definition) is 0. The van der Waals surface area contributed by atoms with Crippen molar-refractivity contribution < 1.29 is 0 Å². The fourth-order valence-corrected chi connectivity index (χ4v) is 0.